The van der Waals surface area contributed by atoms with Crippen molar-refractivity contribution in [3.63, 3.8) is 0 Å². The molecular weight excluding hydrogens is 240 g/mol. The van der Waals surface area contributed by atoms with Crippen LogP contribution < -0.4 is 10.6 Å². The van der Waals surface area contributed by atoms with Gasteiger partial charge in [0.15, 0.2) is 0 Å². The van der Waals surface area contributed by atoms with E-state index in [0.29, 0.717) is 18.7 Å². The highest BCUT2D eigenvalue weighted by molar-refractivity contribution is 5.67. The van der Waals surface area contributed by atoms with Crippen LogP contribution in [0, 0.1) is 0 Å². The van der Waals surface area contributed by atoms with E-state index in [1.54, 1.807) is 0 Å². The summed E-state index contributed by atoms with van der Waals surface area (Å²) in [4.78, 5) is 11.8. The minimum absolute atomic E-state index is 0.266. The molecule has 2 heterocycles. The second kappa shape index (κ2) is 5.61. The molecule has 2 N–H and O–H groups in total. The molecule has 0 saturated carbocycles. The van der Waals surface area contributed by atoms with Gasteiger partial charge in [-0.05, 0) is 31.2 Å². The van der Waals surface area contributed by atoms with Crippen LogP contribution in [0.15, 0.2) is 30.3 Å². The van der Waals surface area contributed by atoms with Crippen LogP contribution >= 0.6 is 0 Å². The van der Waals surface area contributed by atoms with Gasteiger partial charge in [0.05, 0.1) is 0 Å². The highest BCUT2D eigenvalue weighted by Crippen LogP contribution is 2.26. The van der Waals surface area contributed by atoms with Gasteiger partial charge in [0.1, 0.15) is 6.61 Å². The van der Waals surface area contributed by atoms with E-state index in [1.165, 1.54) is 12.8 Å². The SMILES string of the molecule is O=C(NC1C[C@H]2CC[C@@H](C1)N2)OCc1ccccc1. The van der Waals surface area contributed by atoms with Crippen LogP contribution in [0.5, 0.6) is 0 Å². The van der Waals surface area contributed by atoms with Gasteiger partial charge in [0.2, 0.25) is 0 Å². The van der Waals surface area contributed by atoms with E-state index in [1.807, 2.05) is 30.3 Å². The summed E-state index contributed by atoms with van der Waals surface area (Å²) < 4.78 is 5.25. The van der Waals surface area contributed by atoms with E-state index >= 15 is 0 Å². The van der Waals surface area contributed by atoms with Gasteiger partial charge in [0.25, 0.3) is 0 Å². The summed E-state index contributed by atoms with van der Waals surface area (Å²) in [7, 11) is 0. The first-order valence-electron chi connectivity index (χ1n) is 7.03. The third-order valence-electron chi connectivity index (χ3n) is 4.01. The average molecular weight is 260 g/mol. The molecule has 2 saturated heterocycles. The highest BCUT2D eigenvalue weighted by atomic mass is 16.5. The molecule has 1 aromatic carbocycles. The molecule has 4 nitrogen and oxygen atoms in total. The maximum atomic E-state index is 11.8. The second-order valence-corrected chi connectivity index (χ2v) is 5.51. The third kappa shape index (κ3) is 3.26. The minimum atomic E-state index is -0.296. The number of piperidine rings is 1. The van der Waals surface area contributed by atoms with Crippen LogP contribution in [0.25, 0.3) is 0 Å². The van der Waals surface area contributed by atoms with Gasteiger partial charge in [-0.25, -0.2) is 4.79 Å². The predicted octanol–water partition coefficient (Wildman–Crippen LogP) is 2.20. The summed E-state index contributed by atoms with van der Waals surface area (Å²) in [5.74, 6) is 0. The van der Waals surface area contributed by atoms with Crippen molar-refractivity contribution in [3.05, 3.63) is 35.9 Å². The van der Waals surface area contributed by atoms with Crippen molar-refractivity contribution >= 4 is 6.09 Å². The first-order chi connectivity index (χ1) is 9.29. The van der Waals surface area contributed by atoms with Crippen molar-refractivity contribution < 1.29 is 9.53 Å². The zero-order valence-corrected chi connectivity index (χ0v) is 11.0. The number of fused-ring (bicyclic) bond motifs is 2. The van der Waals surface area contributed by atoms with Crippen molar-refractivity contribution in [2.45, 2.75) is 50.4 Å². The Labute approximate surface area is 113 Å². The number of carbonyl (C=O) groups is 1. The van der Waals surface area contributed by atoms with Crippen LogP contribution in [0.4, 0.5) is 4.79 Å². The van der Waals surface area contributed by atoms with E-state index < -0.39 is 0 Å². The predicted molar refractivity (Wildman–Crippen MR) is 72.7 cm³/mol. The number of benzene rings is 1. The Morgan fingerprint density at radius 2 is 1.89 bits per heavy atom. The van der Waals surface area contributed by atoms with Crippen molar-refractivity contribution in [3.8, 4) is 0 Å². The van der Waals surface area contributed by atoms with Gasteiger partial charge in [-0.15, -0.1) is 0 Å². The van der Waals surface area contributed by atoms with Crippen molar-refractivity contribution in [1.29, 1.82) is 0 Å². The van der Waals surface area contributed by atoms with E-state index in [9.17, 15) is 4.79 Å². The number of rotatable bonds is 3. The first kappa shape index (κ1) is 12.5. The molecule has 3 rings (SSSR count). The highest BCUT2D eigenvalue weighted by Gasteiger charge is 2.34. The number of ether oxygens (including phenoxy) is 1. The van der Waals surface area contributed by atoms with Crippen LogP contribution in [-0.4, -0.2) is 24.2 Å². The summed E-state index contributed by atoms with van der Waals surface area (Å²) in [5.41, 5.74) is 1.02. The number of hydrogen-bond donors (Lipinski definition) is 2. The van der Waals surface area contributed by atoms with Crippen LogP contribution in [-0.2, 0) is 11.3 Å². The fourth-order valence-corrected chi connectivity index (χ4v) is 3.11. The zero-order chi connectivity index (χ0) is 13.1. The van der Waals surface area contributed by atoms with E-state index in [0.717, 1.165) is 18.4 Å². The Bertz CT molecular complexity index is 423. The summed E-state index contributed by atoms with van der Waals surface area (Å²) in [5, 5.41) is 6.55. The number of amides is 1. The lowest BCUT2D eigenvalue weighted by molar-refractivity contribution is 0.131. The molecule has 19 heavy (non-hydrogen) atoms. The summed E-state index contributed by atoms with van der Waals surface area (Å²) in [6, 6.07) is 11.2. The lowest BCUT2D eigenvalue weighted by Crippen LogP contribution is -2.48. The number of nitrogens with one attached hydrogen (secondary N) is 2. The zero-order valence-electron chi connectivity index (χ0n) is 11.0. The Morgan fingerprint density at radius 1 is 1.21 bits per heavy atom. The molecule has 0 aromatic heterocycles. The van der Waals surface area contributed by atoms with Gasteiger partial charge < -0.3 is 15.4 Å². The van der Waals surface area contributed by atoms with Gasteiger partial charge in [0, 0.05) is 18.1 Å². The molecule has 2 aliphatic heterocycles. The lowest BCUT2D eigenvalue weighted by Gasteiger charge is -2.29. The van der Waals surface area contributed by atoms with E-state index in [2.05, 4.69) is 10.6 Å². The normalized spacial score (nSPS) is 28.9. The Kier molecular flexibility index (Phi) is 3.69. The molecule has 4 heteroatoms. The van der Waals surface area contributed by atoms with Crippen LogP contribution in [0.1, 0.15) is 31.2 Å². The molecule has 0 radical (unpaired) electrons. The molecule has 0 aliphatic carbocycles. The second-order valence-electron chi connectivity index (χ2n) is 5.51. The summed E-state index contributed by atoms with van der Waals surface area (Å²) in [6.45, 7) is 0.338. The lowest BCUT2D eigenvalue weighted by atomic mass is 10.0. The van der Waals surface area contributed by atoms with Crippen molar-refractivity contribution in [2.24, 2.45) is 0 Å². The molecule has 0 spiro atoms. The summed E-state index contributed by atoms with van der Waals surface area (Å²) in [6.07, 6.45) is 4.23. The smallest absolute Gasteiger partial charge is 0.407 e. The molecule has 1 aromatic rings. The Morgan fingerprint density at radius 3 is 2.58 bits per heavy atom. The molecule has 3 atom stereocenters. The fourth-order valence-electron chi connectivity index (χ4n) is 3.11. The Hall–Kier alpha value is -1.55. The minimum Gasteiger partial charge on any atom is -0.445 e. The molecule has 102 valence electrons. The topological polar surface area (TPSA) is 50.4 Å². The van der Waals surface area contributed by atoms with Crippen molar-refractivity contribution in [1.82, 2.24) is 10.6 Å². The number of alkyl carbamates (subject to hydrolysis) is 1. The molecule has 2 fully saturated rings. The van der Waals surface area contributed by atoms with Gasteiger partial charge >= 0.3 is 6.09 Å². The van der Waals surface area contributed by atoms with Gasteiger partial charge in [-0.2, -0.15) is 0 Å². The van der Waals surface area contributed by atoms with E-state index in [4.69, 9.17) is 4.74 Å². The average Bonchev–Trinajstić information content (AvgIpc) is 2.77. The number of hydrogen-bond acceptors (Lipinski definition) is 3. The summed E-state index contributed by atoms with van der Waals surface area (Å²) >= 11 is 0. The van der Waals surface area contributed by atoms with Crippen LogP contribution in [0.3, 0.4) is 0 Å². The third-order valence-corrected chi connectivity index (χ3v) is 4.01. The molecule has 1 amide bonds. The largest absolute Gasteiger partial charge is 0.445 e. The maximum Gasteiger partial charge on any atom is 0.407 e. The Balaban J connectivity index is 1.44. The monoisotopic (exact) mass is 260 g/mol. The quantitative estimate of drug-likeness (QED) is 0.876. The molecule has 2 bridgehead atoms. The first-order valence-corrected chi connectivity index (χ1v) is 7.03. The number of carbonyl (C=O) groups excluding carboxylic acids is 1. The molecular formula is C15H20N2O2. The maximum absolute atomic E-state index is 11.8. The standard InChI is InChI=1S/C15H20N2O2/c18-15(19-10-11-4-2-1-3-5-11)17-14-8-12-6-7-13(9-14)16-12/h1-5,12-14,16H,6-10H2,(H,17,18)/t12-,13+,14?. The van der Waals surface area contributed by atoms with E-state index in [-0.39, 0.29) is 12.1 Å². The molecule has 1 unspecified atom stereocenters. The fraction of sp³-hybridized carbons (Fsp3) is 0.533. The molecule has 2 aliphatic rings. The van der Waals surface area contributed by atoms with Crippen molar-refractivity contribution in [2.75, 3.05) is 0 Å². The van der Waals surface area contributed by atoms with Gasteiger partial charge in [-0.1, -0.05) is 30.3 Å². The van der Waals surface area contributed by atoms with Gasteiger partial charge in [-0.3, -0.25) is 0 Å². The van der Waals surface area contributed by atoms with Crippen LogP contribution in [0.2, 0.25) is 0 Å².